The third-order valence-electron chi connectivity index (χ3n) is 3.77. The number of carbonyl (C=O) groups is 1. The number of benzene rings is 2. The Morgan fingerprint density at radius 1 is 1.15 bits per heavy atom. The molecule has 1 heterocycles. The third-order valence-corrected chi connectivity index (χ3v) is 3.77. The van der Waals surface area contributed by atoms with Gasteiger partial charge in [0.15, 0.2) is 0 Å². The van der Waals surface area contributed by atoms with Crippen molar-refractivity contribution in [2.45, 2.75) is 13.5 Å². The summed E-state index contributed by atoms with van der Waals surface area (Å²) in [6.07, 6.45) is 1.61. The summed E-state index contributed by atoms with van der Waals surface area (Å²) >= 11 is 0. The average Bonchev–Trinajstić information content (AvgIpc) is 2.67. The quantitative estimate of drug-likeness (QED) is 0.513. The van der Waals surface area contributed by atoms with Gasteiger partial charge in [0, 0.05) is 23.5 Å². The summed E-state index contributed by atoms with van der Waals surface area (Å²) in [4.78, 5) is 31.4. The topological polar surface area (TPSA) is 110 Å². The number of carbonyl (C=O) groups excluding carboxylic acids is 1. The van der Waals surface area contributed by atoms with Crippen LogP contribution in [0.3, 0.4) is 0 Å². The highest BCUT2D eigenvalue weighted by molar-refractivity contribution is 5.95. The molecule has 3 rings (SSSR count). The molecule has 3 aromatic rings. The normalized spacial score (nSPS) is 10.3. The minimum atomic E-state index is -0.518. The van der Waals surface area contributed by atoms with E-state index in [0.717, 1.165) is 5.69 Å². The maximum absolute atomic E-state index is 12.3. The van der Waals surface area contributed by atoms with Gasteiger partial charge in [-0.2, -0.15) is 0 Å². The number of rotatable bonds is 6. The van der Waals surface area contributed by atoms with Crippen molar-refractivity contribution in [2.75, 3.05) is 5.32 Å². The van der Waals surface area contributed by atoms with E-state index in [2.05, 4.69) is 20.6 Å². The van der Waals surface area contributed by atoms with Gasteiger partial charge < -0.3 is 10.6 Å². The lowest BCUT2D eigenvalue weighted by molar-refractivity contribution is -0.383. The fourth-order valence-electron chi connectivity index (χ4n) is 2.48. The summed E-state index contributed by atoms with van der Waals surface area (Å²) in [5.74, 6) is 0.189. The van der Waals surface area contributed by atoms with Gasteiger partial charge in [0.05, 0.1) is 17.2 Å². The molecule has 8 heteroatoms. The van der Waals surface area contributed by atoms with E-state index >= 15 is 0 Å². The number of hydrogen-bond acceptors (Lipinski definition) is 6. The van der Waals surface area contributed by atoms with Crippen LogP contribution in [0.4, 0.5) is 17.1 Å². The number of nitro groups is 1. The van der Waals surface area contributed by atoms with E-state index in [-0.39, 0.29) is 17.8 Å². The fraction of sp³-hybridized carbons (Fsp3) is 0.105. The second-order valence-corrected chi connectivity index (χ2v) is 5.76. The maximum atomic E-state index is 12.3. The van der Waals surface area contributed by atoms with E-state index < -0.39 is 10.8 Å². The van der Waals surface area contributed by atoms with E-state index in [4.69, 9.17) is 0 Å². The molecular formula is C19H17N5O3. The van der Waals surface area contributed by atoms with Crippen LogP contribution in [0, 0.1) is 17.0 Å². The summed E-state index contributed by atoms with van der Waals surface area (Å²) in [7, 11) is 0. The second-order valence-electron chi connectivity index (χ2n) is 5.76. The Balaban J connectivity index is 1.76. The molecule has 0 aliphatic rings. The van der Waals surface area contributed by atoms with Crippen molar-refractivity contribution in [2.24, 2.45) is 0 Å². The van der Waals surface area contributed by atoms with Crippen LogP contribution in [0.2, 0.25) is 0 Å². The van der Waals surface area contributed by atoms with E-state index in [0.29, 0.717) is 17.2 Å². The number of aryl methyl sites for hydroxylation is 1. The molecule has 27 heavy (non-hydrogen) atoms. The van der Waals surface area contributed by atoms with Crippen molar-refractivity contribution < 1.29 is 9.72 Å². The number of amides is 1. The Labute approximate surface area is 155 Å². The molecule has 2 aromatic carbocycles. The summed E-state index contributed by atoms with van der Waals surface area (Å²) < 4.78 is 0. The maximum Gasteiger partial charge on any atom is 0.293 e. The molecular weight excluding hydrogens is 346 g/mol. The van der Waals surface area contributed by atoms with Crippen LogP contribution >= 0.6 is 0 Å². The highest BCUT2D eigenvalue weighted by atomic mass is 16.6. The lowest BCUT2D eigenvalue weighted by Crippen LogP contribution is -2.23. The van der Waals surface area contributed by atoms with Crippen LogP contribution in [0.5, 0.6) is 0 Å². The van der Waals surface area contributed by atoms with Gasteiger partial charge in [-0.15, -0.1) is 0 Å². The predicted octanol–water partition coefficient (Wildman–Crippen LogP) is 3.37. The van der Waals surface area contributed by atoms with E-state index in [1.165, 1.54) is 12.1 Å². The van der Waals surface area contributed by atoms with Gasteiger partial charge in [0.2, 0.25) is 0 Å². The highest BCUT2D eigenvalue weighted by Gasteiger charge is 2.18. The number of aromatic nitrogens is 2. The number of nitrogens with one attached hydrogen (secondary N) is 2. The first-order chi connectivity index (χ1) is 13.0. The minimum absolute atomic E-state index is 0.176. The highest BCUT2D eigenvalue weighted by Crippen LogP contribution is 2.28. The number of para-hydroxylation sites is 1. The Bertz CT molecular complexity index is 976. The molecule has 0 aliphatic heterocycles. The molecule has 0 radical (unpaired) electrons. The first-order valence-electron chi connectivity index (χ1n) is 8.20. The SMILES string of the molecule is Cc1nccc(CNC(=O)c2ccc(Nc3ccccc3)c([N+](=O)[O-])c2)n1. The first-order valence-corrected chi connectivity index (χ1v) is 8.20. The van der Waals surface area contributed by atoms with Crippen LogP contribution in [-0.2, 0) is 6.54 Å². The second kappa shape index (κ2) is 8.05. The summed E-state index contributed by atoms with van der Waals surface area (Å²) in [6.45, 7) is 1.97. The minimum Gasteiger partial charge on any atom is -0.350 e. The smallest absolute Gasteiger partial charge is 0.293 e. The molecule has 0 bridgehead atoms. The number of nitrogens with zero attached hydrogens (tertiary/aromatic N) is 3. The molecule has 1 aromatic heterocycles. The number of hydrogen-bond donors (Lipinski definition) is 2. The monoisotopic (exact) mass is 363 g/mol. The van der Waals surface area contributed by atoms with Gasteiger partial charge in [-0.3, -0.25) is 14.9 Å². The first kappa shape index (κ1) is 18.0. The molecule has 0 saturated carbocycles. The van der Waals surface area contributed by atoms with Crippen molar-refractivity contribution in [3.8, 4) is 0 Å². The Hall–Kier alpha value is -3.81. The zero-order valence-corrected chi connectivity index (χ0v) is 14.5. The molecule has 0 unspecified atom stereocenters. The van der Waals surface area contributed by atoms with Gasteiger partial charge in [0.25, 0.3) is 11.6 Å². The predicted molar refractivity (Wildman–Crippen MR) is 101 cm³/mol. The molecule has 0 saturated heterocycles. The van der Waals surface area contributed by atoms with Crippen molar-refractivity contribution in [1.82, 2.24) is 15.3 Å². The van der Waals surface area contributed by atoms with Crippen LogP contribution in [0.25, 0.3) is 0 Å². The standard InChI is InChI=1S/C19H17N5O3/c1-13-20-10-9-16(22-13)12-21-19(25)14-7-8-17(18(11-14)24(26)27)23-15-5-3-2-4-6-15/h2-11,23H,12H2,1H3,(H,21,25). The van der Waals surface area contributed by atoms with Gasteiger partial charge in [0.1, 0.15) is 11.5 Å². The van der Waals surface area contributed by atoms with Crippen molar-refractivity contribution in [3.63, 3.8) is 0 Å². The largest absolute Gasteiger partial charge is 0.350 e. The Morgan fingerprint density at radius 2 is 1.93 bits per heavy atom. The van der Waals surface area contributed by atoms with E-state index in [9.17, 15) is 14.9 Å². The zero-order chi connectivity index (χ0) is 19.2. The van der Waals surface area contributed by atoms with E-state index in [1.807, 2.05) is 18.2 Å². The molecule has 136 valence electrons. The molecule has 1 amide bonds. The fourth-order valence-corrected chi connectivity index (χ4v) is 2.48. The zero-order valence-electron chi connectivity index (χ0n) is 14.5. The lowest BCUT2D eigenvalue weighted by Gasteiger charge is -2.09. The van der Waals surface area contributed by atoms with Gasteiger partial charge >= 0.3 is 0 Å². The molecule has 2 N–H and O–H groups in total. The van der Waals surface area contributed by atoms with Gasteiger partial charge in [-0.1, -0.05) is 18.2 Å². The van der Waals surface area contributed by atoms with Crippen molar-refractivity contribution in [3.05, 3.63) is 88.0 Å². The van der Waals surface area contributed by atoms with E-state index in [1.54, 1.807) is 37.4 Å². The molecule has 0 atom stereocenters. The number of nitro benzene ring substituents is 1. The number of anilines is 2. The summed E-state index contributed by atoms with van der Waals surface area (Å²) in [6, 6.07) is 15.1. The van der Waals surface area contributed by atoms with Crippen molar-refractivity contribution in [1.29, 1.82) is 0 Å². The Kier molecular flexibility index (Phi) is 5.36. The van der Waals surface area contributed by atoms with Gasteiger partial charge in [-0.25, -0.2) is 9.97 Å². The van der Waals surface area contributed by atoms with Crippen LogP contribution < -0.4 is 10.6 Å². The Morgan fingerprint density at radius 3 is 2.63 bits per heavy atom. The molecule has 0 spiro atoms. The third kappa shape index (κ3) is 4.63. The van der Waals surface area contributed by atoms with Crippen molar-refractivity contribution >= 4 is 23.0 Å². The molecule has 0 fully saturated rings. The van der Waals surface area contributed by atoms with Crippen LogP contribution in [0.15, 0.2) is 60.8 Å². The summed E-state index contributed by atoms with van der Waals surface area (Å²) in [5.41, 5.74) is 1.72. The lowest BCUT2D eigenvalue weighted by atomic mass is 10.1. The molecule has 0 aliphatic carbocycles. The average molecular weight is 363 g/mol. The molecule has 8 nitrogen and oxygen atoms in total. The van der Waals surface area contributed by atoms with Crippen LogP contribution in [-0.4, -0.2) is 20.8 Å². The summed E-state index contributed by atoms with van der Waals surface area (Å²) in [5, 5.41) is 17.1. The van der Waals surface area contributed by atoms with Crippen LogP contribution in [0.1, 0.15) is 21.9 Å². The van der Waals surface area contributed by atoms with Gasteiger partial charge in [-0.05, 0) is 37.3 Å².